The van der Waals surface area contributed by atoms with E-state index in [1.807, 2.05) is 0 Å². The second-order valence-electron chi connectivity index (χ2n) is 4.14. The Morgan fingerprint density at radius 1 is 1.43 bits per heavy atom. The quantitative estimate of drug-likeness (QED) is 0.727. The van der Waals surface area contributed by atoms with Gasteiger partial charge in [0.2, 0.25) is 0 Å². The van der Waals surface area contributed by atoms with Crippen LogP contribution < -0.4 is 0 Å². The number of hydrogen-bond donors (Lipinski definition) is 0. The lowest BCUT2D eigenvalue weighted by Gasteiger charge is -2.38. The summed E-state index contributed by atoms with van der Waals surface area (Å²) in [5, 5.41) is 0.883. The molecule has 1 saturated heterocycles. The molecule has 4 atom stereocenters. The Bertz CT molecular complexity index is 163. The van der Waals surface area contributed by atoms with Crippen molar-refractivity contribution in [3.8, 4) is 0 Å². The van der Waals surface area contributed by atoms with Crippen LogP contribution in [-0.4, -0.2) is 24.3 Å². The topological polar surface area (TPSA) is 18.5 Å². The summed E-state index contributed by atoms with van der Waals surface area (Å²) in [4.78, 5) is 0. The van der Waals surface area contributed by atoms with E-state index >= 15 is 0 Å². The van der Waals surface area contributed by atoms with Crippen LogP contribution >= 0.6 is 15.9 Å². The number of halogens is 1. The Morgan fingerprint density at radius 3 is 2.71 bits per heavy atom. The first-order valence-corrected chi connectivity index (χ1v) is 6.64. The van der Waals surface area contributed by atoms with Crippen molar-refractivity contribution < 1.29 is 9.47 Å². The van der Waals surface area contributed by atoms with E-state index in [-0.39, 0.29) is 6.29 Å². The molecular weight excluding hydrogens is 244 g/mol. The van der Waals surface area contributed by atoms with Gasteiger partial charge in [-0.2, -0.15) is 0 Å². The molecule has 14 heavy (non-hydrogen) atoms. The zero-order chi connectivity index (χ0) is 10.6. The molecule has 0 N–H and O–H groups in total. The molecule has 0 aromatic heterocycles. The van der Waals surface area contributed by atoms with Crippen molar-refractivity contribution in [1.82, 2.24) is 0 Å². The van der Waals surface area contributed by atoms with E-state index in [0.29, 0.717) is 17.9 Å². The summed E-state index contributed by atoms with van der Waals surface area (Å²) in [6, 6.07) is 0. The van der Waals surface area contributed by atoms with Crippen LogP contribution in [0.1, 0.15) is 33.6 Å². The van der Waals surface area contributed by atoms with Gasteiger partial charge in [0, 0.05) is 11.8 Å². The molecule has 0 aliphatic carbocycles. The Kier molecular flexibility index (Phi) is 5.42. The molecule has 1 rings (SSSR count). The molecule has 1 aliphatic heterocycles. The number of ether oxygens (including phenoxy) is 2. The predicted molar refractivity (Wildman–Crippen MR) is 61.6 cm³/mol. The molecule has 1 fully saturated rings. The van der Waals surface area contributed by atoms with Crippen LogP contribution in [-0.2, 0) is 9.47 Å². The first-order chi connectivity index (χ1) is 6.69. The molecule has 0 aromatic carbocycles. The van der Waals surface area contributed by atoms with Gasteiger partial charge in [0.1, 0.15) is 0 Å². The maximum absolute atomic E-state index is 5.88. The molecule has 1 aliphatic rings. The van der Waals surface area contributed by atoms with Crippen molar-refractivity contribution >= 4 is 15.9 Å². The molecule has 3 heteroatoms. The summed E-state index contributed by atoms with van der Waals surface area (Å²) >= 11 is 3.35. The normalized spacial score (nSPS) is 38.6. The summed E-state index contributed by atoms with van der Waals surface area (Å²) in [7, 11) is 0. The first kappa shape index (κ1) is 12.5. The number of hydrogen-bond acceptors (Lipinski definition) is 2. The summed E-state index contributed by atoms with van der Waals surface area (Å²) in [6.45, 7) is 7.49. The summed E-state index contributed by atoms with van der Waals surface area (Å²) < 4.78 is 11.5. The minimum Gasteiger partial charge on any atom is -0.352 e. The second-order valence-corrected chi connectivity index (χ2v) is 4.94. The van der Waals surface area contributed by atoms with E-state index in [0.717, 1.165) is 24.8 Å². The SMILES string of the molecule is CCC1O[C@H](OCCBr)C[C@@H](C)[C@@H]1C. The van der Waals surface area contributed by atoms with Crippen molar-refractivity contribution in [2.75, 3.05) is 11.9 Å². The Balaban J connectivity index is 2.41. The molecule has 0 amide bonds. The van der Waals surface area contributed by atoms with Crippen LogP contribution in [0, 0.1) is 11.8 Å². The van der Waals surface area contributed by atoms with Crippen LogP contribution in [0.3, 0.4) is 0 Å². The van der Waals surface area contributed by atoms with E-state index in [4.69, 9.17) is 9.47 Å². The van der Waals surface area contributed by atoms with Crippen molar-refractivity contribution in [1.29, 1.82) is 0 Å². The lowest BCUT2D eigenvalue weighted by Crippen LogP contribution is -2.39. The van der Waals surface area contributed by atoms with Gasteiger partial charge in [-0.05, 0) is 18.3 Å². The molecule has 0 spiro atoms. The number of rotatable bonds is 4. The highest BCUT2D eigenvalue weighted by atomic mass is 79.9. The molecule has 1 unspecified atom stereocenters. The fourth-order valence-corrected chi connectivity index (χ4v) is 2.20. The van der Waals surface area contributed by atoms with Gasteiger partial charge in [0.05, 0.1) is 12.7 Å². The first-order valence-electron chi connectivity index (χ1n) is 5.52. The van der Waals surface area contributed by atoms with Crippen molar-refractivity contribution in [3.63, 3.8) is 0 Å². The summed E-state index contributed by atoms with van der Waals surface area (Å²) in [5.74, 6) is 1.36. The van der Waals surface area contributed by atoms with Crippen molar-refractivity contribution in [3.05, 3.63) is 0 Å². The van der Waals surface area contributed by atoms with Gasteiger partial charge in [-0.15, -0.1) is 0 Å². The van der Waals surface area contributed by atoms with E-state index in [1.54, 1.807) is 0 Å². The van der Waals surface area contributed by atoms with Gasteiger partial charge >= 0.3 is 0 Å². The average molecular weight is 265 g/mol. The lowest BCUT2D eigenvalue weighted by molar-refractivity contribution is -0.218. The van der Waals surface area contributed by atoms with Crippen LogP contribution in [0.15, 0.2) is 0 Å². The van der Waals surface area contributed by atoms with Crippen LogP contribution in [0.5, 0.6) is 0 Å². The van der Waals surface area contributed by atoms with E-state index in [2.05, 4.69) is 36.7 Å². The fourth-order valence-electron chi connectivity index (χ4n) is 2.01. The van der Waals surface area contributed by atoms with Gasteiger partial charge in [-0.25, -0.2) is 0 Å². The minimum atomic E-state index is 0.0173. The maximum Gasteiger partial charge on any atom is 0.158 e. The van der Waals surface area contributed by atoms with Gasteiger partial charge < -0.3 is 9.47 Å². The zero-order valence-electron chi connectivity index (χ0n) is 9.33. The van der Waals surface area contributed by atoms with Crippen molar-refractivity contribution in [2.45, 2.75) is 46.0 Å². The van der Waals surface area contributed by atoms with Gasteiger partial charge in [-0.1, -0.05) is 36.7 Å². The Hall–Kier alpha value is 0.400. The number of alkyl halides is 1. The zero-order valence-corrected chi connectivity index (χ0v) is 10.9. The van der Waals surface area contributed by atoms with Crippen LogP contribution in [0.4, 0.5) is 0 Å². The second kappa shape index (κ2) is 6.09. The Morgan fingerprint density at radius 2 is 2.14 bits per heavy atom. The molecule has 0 radical (unpaired) electrons. The highest BCUT2D eigenvalue weighted by Crippen LogP contribution is 2.32. The lowest BCUT2D eigenvalue weighted by atomic mass is 9.84. The van der Waals surface area contributed by atoms with E-state index in [9.17, 15) is 0 Å². The van der Waals surface area contributed by atoms with Gasteiger partial charge in [-0.3, -0.25) is 0 Å². The standard InChI is InChI=1S/C11H21BrO2/c1-4-10-9(3)8(2)7-11(14-10)13-6-5-12/h8-11H,4-7H2,1-3H3/t8-,9+,10?,11+/m1/s1. The molecular formula is C11H21BrO2. The van der Waals surface area contributed by atoms with Crippen molar-refractivity contribution in [2.24, 2.45) is 11.8 Å². The molecule has 0 aromatic rings. The largest absolute Gasteiger partial charge is 0.352 e. The highest BCUT2D eigenvalue weighted by molar-refractivity contribution is 9.09. The molecule has 84 valence electrons. The summed E-state index contributed by atoms with van der Waals surface area (Å²) in [5.41, 5.74) is 0. The predicted octanol–water partition coefficient (Wildman–Crippen LogP) is 3.20. The third-order valence-electron chi connectivity index (χ3n) is 3.16. The summed E-state index contributed by atoms with van der Waals surface area (Å²) in [6.07, 6.45) is 2.51. The van der Waals surface area contributed by atoms with Crippen LogP contribution in [0.2, 0.25) is 0 Å². The highest BCUT2D eigenvalue weighted by Gasteiger charge is 2.32. The third-order valence-corrected chi connectivity index (χ3v) is 3.48. The van der Waals surface area contributed by atoms with Crippen LogP contribution in [0.25, 0.3) is 0 Å². The monoisotopic (exact) mass is 264 g/mol. The fraction of sp³-hybridized carbons (Fsp3) is 1.00. The Labute approximate surface area is 95.5 Å². The minimum absolute atomic E-state index is 0.0173. The molecule has 0 saturated carbocycles. The van der Waals surface area contributed by atoms with Gasteiger partial charge in [0.15, 0.2) is 6.29 Å². The smallest absolute Gasteiger partial charge is 0.158 e. The van der Waals surface area contributed by atoms with E-state index in [1.165, 1.54) is 0 Å². The van der Waals surface area contributed by atoms with Gasteiger partial charge in [0.25, 0.3) is 0 Å². The third kappa shape index (κ3) is 3.21. The molecule has 0 bridgehead atoms. The van der Waals surface area contributed by atoms with E-state index < -0.39 is 0 Å². The molecule has 2 nitrogen and oxygen atoms in total. The maximum atomic E-state index is 5.88. The molecule has 1 heterocycles. The average Bonchev–Trinajstić information content (AvgIpc) is 2.19.